The van der Waals surface area contributed by atoms with Crippen molar-refractivity contribution in [2.75, 3.05) is 25.6 Å². The van der Waals surface area contributed by atoms with Crippen molar-refractivity contribution in [3.05, 3.63) is 159 Å². The van der Waals surface area contributed by atoms with Gasteiger partial charge in [-0.05, 0) is 139 Å². The number of hydrogen-bond donors (Lipinski definition) is 2. The van der Waals surface area contributed by atoms with E-state index in [1.54, 1.807) is 26.0 Å². The molecule has 4 aliphatic rings. The summed E-state index contributed by atoms with van der Waals surface area (Å²) in [5, 5.41) is 5.18. The number of carbonyl (C=O) groups is 9. The Morgan fingerprint density at radius 1 is 0.566 bits per heavy atom. The fraction of sp³-hybridized carbons (Fsp3) is 0.373. The number of rotatable bonds is 21. The van der Waals surface area contributed by atoms with Gasteiger partial charge in [-0.1, -0.05) is 43.0 Å². The molecular weight excluding hydrogens is 977 g/mol. The van der Waals surface area contributed by atoms with Crippen molar-refractivity contribution in [1.82, 2.24) is 5.32 Å². The Hall–Kier alpha value is -8.21. The highest BCUT2D eigenvalue weighted by molar-refractivity contribution is 6.16. The van der Waals surface area contributed by atoms with Gasteiger partial charge < -0.3 is 39.1 Å². The Morgan fingerprint density at radius 3 is 1.39 bits per heavy atom. The van der Waals surface area contributed by atoms with Crippen LogP contribution < -0.4 is 10.6 Å². The molecule has 2 amide bonds. The Balaban J connectivity index is 1.07. The highest BCUT2D eigenvalue weighted by Crippen LogP contribution is 2.60. The molecule has 17 heteroatoms. The van der Waals surface area contributed by atoms with Crippen LogP contribution in [0.5, 0.6) is 0 Å². The van der Waals surface area contributed by atoms with Gasteiger partial charge in [0.25, 0.3) is 11.8 Å². The second-order valence-corrected chi connectivity index (χ2v) is 20.3. The zero-order chi connectivity index (χ0) is 55.1. The molecule has 4 atom stereocenters. The Labute approximate surface area is 440 Å². The van der Waals surface area contributed by atoms with E-state index in [4.69, 9.17) is 28.4 Å². The van der Waals surface area contributed by atoms with Crippen LogP contribution in [0.25, 0.3) is 0 Å². The number of anilines is 1. The number of ketones is 1. The third-order valence-corrected chi connectivity index (χ3v) is 13.8. The lowest BCUT2D eigenvalue weighted by Crippen LogP contribution is -2.61. The largest absolute Gasteiger partial charge is 0.462 e. The molecule has 8 rings (SSSR count). The molecule has 0 saturated heterocycles. The van der Waals surface area contributed by atoms with E-state index in [-0.39, 0.29) is 93.7 Å². The van der Waals surface area contributed by atoms with Gasteiger partial charge in [-0.2, -0.15) is 0 Å². The standard InChI is InChI=1S/C59H62N2O15/c1-33(2)52(65)73-36(6)21-23-71-56(69)45-19-15-42(26-47(45)50(63)60-8)49(62)43-16-20-46(57(70)72-24-22-37(7)74-53(66)34(3)4)48(27-43)51(64)61-44-17-13-41(14-18-44)55(68)76-59-30-38-25-39(31-59)29-58(28-38,32-59)75-54(67)40-11-9-35(5)10-12-40/h9-20,26-27,36-39H,1,3,21-25,28-32H2,2,4-8H3,(H,60,63)(H,61,64). The summed E-state index contributed by atoms with van der Waals surface area (Å²) >= 11 is 0. The molecule has 17 nitrogen and oxygen atoms in total. The summed E-state index contributed by atoms with van der Waals surface area (Å²) in [5.74, 6) is -5.73. The molecule has 0 aromatic heterocycles. The lowest BCUT2D eigenvalue weighted by molar-refractivity contribution is -0.200. The average molecular weight is 1040 g/mol. The number of amides is 2. The van der Waals surface area contributed by atoms with Gasteiger partial charge in [0.15, 0.2) is 5.78 Å². The van der Waals surface area contributed by atoms with Crippen molar-refractivity contribution in [3.8, 4) is 0 Å². The summed E-state index contributed by atoms with van der Waals surface area (Å²) in [6, 6.07) is 20.7. The lowest BCUT2D eigenvalue weighted by atomic mass is 9.52. The van der Waals surface area contributed by atoms with E-state index < -0.39 is 76.8 Å². The molecule has 2 N–H and O–H groups in total. The number of hydrogen-bond acceptors (Lipinski definition) is 15. The van der Waals surface area contributed by atoms with Gasteiger partial charge in [-0.3, -0.25) is 14.4 Å². The zero-order valence-electron chi connectivity index (χ0n) is 43.5. The third-order valence-electron chi connectivity index (χ3n) is 13.8. The van der Waals surface area contributed by atoms with Crippen molar-refractivity contribution >= 4 is 59.1 Å². The van der Waals surface area contributed by atoms with Crippen molar-refractivity contribution < 1.29 is 71.6 Å². The van der Waals surface area contributed by atoms with E-state index in [0.717, 1.165) is 12.0 Å². The molecule has 0 spiro atoms. The molecule has 4 fully saturated rings. The van der Waals surface area contributed by atoms with E-state index in [0.29, 0.717) is 37.7 Å². The summed E-state index contributed by atoms with van der Waals surface area (Å²) in [6.07, 6.45) is 3.13. The minimum Gasteiger partial charge on any atom is -0.462 e. The molecule has 0 heterocycles. The molecule has 398 valence electrons. The second kappa shape index (κ2) is 23.6. The molecular formula is C59H62N2O15. The van der Waals surface area contributed by atoms with Crippen molar-refractivity contribution in [1.29, 1.82) is 0 Å². The van der Waals surface area contributed by atoms with E-state index in [2.05, 4.69) is 23.8 Å². The minimum atomic E-state index is -0.926. The molecule has 0 radical (unpaired) electrons. The van der Waals surface area contributed by atoms with Crippen LogP contribution in [-0.4, -0.2) is 97.1 Å². The number of carbonyl (C=O) groups excluding carboxylic acids is 9. The number of nitrogens with one attached hydrogen (secondary N) is 2. The minimum absolute atomic E-state index is 0.0510. The Morgan fingerprint density at radius 2 is 0.974 bits per heavy atom. The maximum absolute atomic E-state index is 14.2. The number of ether oxygens (including phenoxy) is 6. The van der Waals surface area contributed by atoms with Crippen molar-refractivity contribution in [2.45, 2.75) is 109 Å². The first kappa shape index (κ1) is 55.5. The van der Waals surface area contributed by atoms with Gasteiger partial charge in [0.2, 0.25) is 0 Å². The fourth-order valence-corrected chi connectivity index (χ4v) is 10.3. The molecule has 76 heavy (non-hydrogen) atoms. The van der Waals surface area contributed by atoms with Crippen LogP contribution in [0.4, 0.5) is 5.69 Å². The molecule has 4 aromatic rings. The highest BCUT2D eigenvalue weighted by atomic mass is 16.6. The molecule has 4 saturated carbocycles. The Kier molecular flexibility index (Phi) is 17.2. The number of esters is 6. The molecule has 4 bridgehead atoms. The highest BCUT2D eigenvalue weighted by Gasteiger charge is 2.61. The summed E-state index contributed by atoms with van der Waals surface area (Å²) in [4.78, 5) is 119. The van der Waals surface area contributed by atoms with Crippen molar-refractivity contribution in [2.24, 2.45) is 11.8 Å². The second-order valence-electron chi connectivity index (χ2n) is 20.3. The molecule has 4 aliphatic carbocycles. The normalized spacial score (nSPS) is 19.7. The summed E-state index contributed by atoms with van der Waals surface area (Å²) in [5.41, 5.74) is -0.173. The van der Waals surface area contributed by atoms with Crippen LogP contribution in [0, 0.1) is 18.8 Å². The topological polar surface area (TPSA) is 233 Å². The summed E-state index contributed by atoms with van der Waals surface area (Å²) in [6.45, 7) is 14.9. The fourth-order valence-electron chi connectivity index (χ4n) is 10.3. The van der Waals surface area contributed by atoms with Crippen LogP contribution in [0.1, 0.15) is 163 Å². The van der Waals surface area contributed by atoms with E-state index >= 15 is 0 Å². The SMILES string of the molecule is C=C(C)C(=O)OC(C)CCOC(=O)c1ccc(C(=O)c2ccc(C(=O)OCCC(C)OC(=O)C(=C)C)c(C(=O)Nc3ccc(C(=O)OC45CC6CC(CC(OC(=O)c7ccc(C)cc7)(C6)C4)C5)cc3)c2)cc1C(=O)NC. The predicted molar refractivity (Wildman–Crippen MR) is 277 cm³/mol. The van der Waals surface area contributed by atoms with E-state index in [9.17, 15) is 43.2 Å². The smallest absolute Gasteiger partial charge is 0.338 e. The predicted octanol–water partition coefficient (Wildman–Crippen LogP) is 9.05. The summed E-state index contributed by atoms with van der Waals surface area (Å²) in [7, 11) is 1.34. The average Bonchev–Trinajstić information content (AvgIpc) is 3.37. The third kappa shape index (κ3) is 13.4. The van der Waals surface area contributed by atoms with Crippen LogP contribution in [0.15, 0.2) is 109 Å². The number of benzene rings is 4. The van der Waals surface area contributed by atoms with Crippen LogP contribution in [0.2, 0.25) is 0 Å². The summed E-state index contributed by atoms with van der Waals surface area (Å²) < 4.78 is 34.0. The zero-order valence-corrected chi connectivity index (χ0v) is 43.5. The first-order chi connectivity index (χ1) is 36.1. The molecule has 4 aromatic carbocycles. The van der Waals surface area contributed by atoms with Gasteiger partial charge in [0, 0.05) is 54.3 Å². The monoisotopic (exact) mass is 1040 g/mol. The lowest BCUT2D eigenvalue weighted by Gasteiger charge is -2.60. The van der Waals surface area contributed by atoms with Gasteiger partial charge in [-0.15, -0.1) is 0 Å². The quantitative estimate of drug-likeness (QED) is 0.0343. The Bertz CT molecular complexity index is 2980. The number of aryl methyl sites for hydroxylation is 1. The molecule has 0 aliphatic heterocycles. The van der Waals surface area contributed by atoms with Crippen LogP contribution in [0.3, 0.4) is 0 Å². The van der Waals surface area contributed by atoms with Gasteiger partial charge in [0.05, 0.1) is 46.6 Å². The van der Waals surface area contributed by atoms with Crippen molar-refractivity contribution in [3.63, 3.8) is 0 Å². The van der Waals surface area contributed by atoms with Gasteiger partial charge >= 0.3 is 35.8 Å². The van der Waals surface area contributed by atoms with Gasteiger partial charge in [0.1, 0.15) is 23.4 Å². The van der Waals surface area contributed by atoms with Crippen LogP contribution in [-0.2, 0) is 38.0 Å². The van der Waals surface area contributed by atoms with Crippen LogP contribution >= 0.6 is 0 Å². The van der Waals surface area contributed by atoms with Gasteiger partial charge in [-0.25, -0.2) is 28.8 Å². The maximum atomic E-state index is 14.2. The van der Waals surface area contributed by atoms with E-state index in [1.807, 2.05) is 19.1 Å². The maximum Gasteiger partial charge on any atom is 0.338 e. The first-order valence-electron chi connectivity index (χ1n) is 25.1. The molecule has 4 unspecified atom stereocenters. The first-order valence-corrected chi connectivity index (χ1v) is 25.1. The van der Waals surface area contributed by atoms with E-state index in [1.165, 1.54) is 81.6 Å².